The van der Waals surface area contributed by atoms with E-state index >= 15 is 0 Å². The molecule has 13 heteroatoms. The molecule has 2 aliphatic rings. The van der Waals surface area contributed by atoms with Crippen molar-refractivity contribution >= 4 is 41.4 Å². The van der Waals surface area contributed by atoms with Gasteiger partial charge in [-0.3, -0.25) is 38.5 Å². The molecule has 1 saturated heterocycles. The lowest BCUT2D eigenvalue weighted by atomic mass is 9.91. The third-order valence-electron chi connectivity index (χ3n) is 10.3. The van der Waals surface area contributed by atoms with Crippen molar-refractivity contribution in [1.82, 2.24) is 24.9 Å². The third-order valence-corrected chi connectivity index (χ3v) is 10.3. The maximum absolute atomic E-state index is 14.4. The van der Waals surface area contributed by atoms with Crippen LogP contribution in [0.2, 0.25) is 0 Å². The van der Waals surface area contributed by atoms with Gasteiger partial charge >= 0.3 is 5.97 Å². The van der Waals surface area contributed by atoms with Gasteiger partial charge in [-0.25, -0.2) is 0 Å². The topological polar surface area (TPSA) is 154 Å². The zero-order valence-corrected chi connectivity index (χ0v) is 33.6. The van der Waals surface area contributed by atoms with Gasteiger partial charge in [0.05, 0.1) is 6.04 Å². The lowest BCUT2D eigenvalue weighted by molar-refractivity contribution is -0.157. The monoisotopic (exact) mass is 731 g/mol. The van der Waals surface area contributed by atoms with Gasteiger partial charge in [0, 0.05) is 39.6 Å². The van der Waals surface area contributed by atoms with Crippen LogP contribution in [0.25, 0.3) is 0 Å². The number of nitrogens with one attached hydrogen (secondary N) is 1. The Bertz CT molecular complexity index is 1330. The van der Waals surface area contributed by atoms with E-state index < -0.39 is 77.7 Å². The van der Waals surface area contributed by atoms with E-state index in [9.17, 15) is 33.6 Å². The minimum atomic E-state index is -1.38. The summed E-state index contributed by atoms with van der Waals surface area (Å²) >= 11 is 0. The van der Waals surface area contributed by atoms with Crippen molar-refractivity contribution in [2.75, 3.05) is 20.6 Å². The summed E-state index contributed by atoms with van der Waals surface area (Å²) in [5.74, 6) is -3.76. The molecule has 2 heterocycles. The van der Waals surface area contributed by atoms with Gasteiger partial charge < -0.3 is 24.8 Å². The van der Waals surface area contributed by atoms with Crippen molar-refractivity contribution in [2.24, 2.45) is 23.7 Å². The Morgan fingerprint density at radius 3 is 2.12 bits per heavy atom. The average molecular weight is 732 g/mol. The van der Waals surface area contributed by atoms with Gasteiger partial charge in [-0.05, 0) is 57.3 Å². The van der Waals surface area contributed by atoms with Crippen molar-refractivity contribution in [3.05, 3.63) is 12.2 Å². The van der Waals surface area contributed by atoms with E-state index in [1.54, 1.807) is 33.9 Å². The van der Waals surface area contributed by atoms with Crippen LogP contribution < -0.4 is 5.32 Å². The van der Waals surface area contributed by atoms with Crippen molar-refractivity contribution in [1.29, 1.82) is 0 Å². The summed E-state index contributed by atoms with van der Waals surface area (Å²) in [5.41, 5.74) is 0. The molecule has 0 radical (unpaired) electrons. The van der Waals surface area contributed by atoms with E-state index in [4.69, 9.17) is 4.74 Å². The first-order chi connectivity index (χ1) is 24.2. The Balaban J connectivity index is 2.38. The predicted molar refractivity (Wildman–Crippen MR) is 198 cm³/mol. The first kappa shape index (κ1) is 44.4. The van der Waals surface area contributed by atoms with Gasteiger partial charge in [-0.15, -0.1) is 0 Å². The van der Waals surface area contributed by atoms with E-state index in [1.807, 2.05) is 20.8 Å². The number of likely N-dealkylation sites (N-methyl/N-ethyl adjacent to an activating group) is 2. The van der Waals surface area contributed by atoms with E-state index in [-0.39, 0.29) is 24.3 Å². The molecule has 13 nitrogen and oxygen atoms in total. The zero-order chi connectivity index (χ0) is 39.6. The number of imide groups is 1. The highest BCUT2D eigenvalue weighted by Gasteiger charge is 2.46. The lowest BCUT2D eigenvalue weighted by Gasteiger charge is -2.38. The summed E-state index contributed by atoms with van der Waals surface area (Å²) in [5, 5.41) is 2.80. The maximum Gasteiger partial charge on any atom is 0.302 e. The summed E-state index contributed by atoms with van der Waals surface area (Å²) in [7, 11) is 3.06. The standard InChI is InChI=1S/C39H65N5O8/c1-13-14-16-25(6)22-26(7)36(48)41(11)31(21-23(2)3)35(47)40-33(28(9)52-29(10)45)38(50)42(12)34(24(4)5)39(51)43-20-15-17-30(43)37(49)44-27(8)18-19-32(44)46/h18-19,23-28,30-31,33-34H,13-17,20-22H2,1-12H3,(H,40,47)/t25?,26?,27?,28?,30-,31-,33-,34-/m0/s1. The molecule has 2 rings (SSSR count). The van der Waals surface area contributed by atoms with Crippen LogP contribution in [-0.2, 0) is 38.3 Å². The number of nitrogens with zero attached hydrogens (tertiary/aromatic N) is 4. The molecule has 0 aromatic heterocycles. The second-order valence-electron chi connectivity index (χ2n) is 15.8. The lowest BCUT2D eigenvalue weighted by Crippen LogP contribution is -2.62. The molecule has 0 aromatic carbocycles. The Hall–Kier alpha value is -3.77. The molecule has 4 unspecified atom stereocenters. The molecule has 8 atom stereocenters. The Morgan fingerprint density at radius 1 is 0.962 bits per heavy atom. The highest BCUT2D eigenvalue weighted by atomic mass is 16.5. The van der Waals surface area contributed by atoms with Crippen LogP contribution >= 0.6 is 0 Å². The number of carbonyl (C=O) groups is 7. The zero-order valence-electron chi connectivity index (χ0n) is 33.6. The van der Waals surface area contributed by atoms with Gasteiger partial charge in [0.15, 0.2) is 0 Å². The number of likely N-dealkylation sites (tertiary alicyclic amines) is 1. The molecule has 0 bridgehead atoms. The minimum Gasteiger partial charge on any atom is -0.460 e. The van der Waals surface area contributed by atoms with Crippen LogP contribution in [0.15, 0.2) is 12.2 Å². The highest BCUT2D eigenvalue weighted by molar-refractivity contribution is 6.06. The average Bonchev–Trinajstić information content (AvgIpc) is 3.69. The van der Waals surface area contributed by atoms with Crippen molar-refractivity contribution < 1.29 is 38.3 Å². The second kappa shape index (κ2) is 19.9. The summed E-state index contributed by atoms with van der Waals surface area (Å²) in [6.07, 6.45) is 6.99. The van der Waals surface area contributed by atoms with Gasteiger partial charge in [0.25, 0.3) is 11.8 Å². The number of carbonyl (C=O) groups excluding carboxylic acids is 7. The van der Waals surface area contributed by atoms with Crippen LogP contribution in [-0.4, -0.2) is 118 Å². The molecule has 0 saturated carbocycles. The summed E-state index contributed by atoms with van der Waals surface area (Å²) in [4.78, 5) is 99.8. The number of hydrogen-bond acceptors (Lipinski definition) is 8. The van der Waals surface area contributed by atoms with E-state index in [1.165, 1.54) is 41.7 Å². The smallest absolute Gasteiger partial charge is 0.302 e. The second-order valence-corrected chi connectivity index (χ2v) is 15.8. The predicted octanol–water partition coefficient (Wildman–Crippen LogP) is 3.94. The Morgan fingerprint density at radius 2 is 1.60 bits per heavy atom. The number of hydrogen-bond donors (Lipinski definition) is 1. The molecule has 2 aliphatic heterocycles. The van der Waals surface area contributed by atoms with Gasteiger partial charge in [0.2, 0.25) is 23.6 Å². The Kier molecular flexibility index (Phi) is 17.0. The molecular weight excluding hydrogens is 666 g/mol. The van der Waals surface area contributed by atoms with E-state index in [0.29, 0.717) is 31.6 Å². The van der Waals surface area contributed by atoms with Crippen LogP contribution in [0.5, 0.6) is 0 Å². The molecule has 1 fully saturated rings. The normalized spacial score (nSPS) is 20.7. The van der Waals surface area contributed by atoms with Crippen molar-refractivity contribution in [2.45, 2.75) is 150 Å². The first-order valence-electron chi connectivity index (χ1n) is 19.1. The fourth-order valence-electron chi connectivity index (χ4n) is 7.49. The van der Waals surface area contributed by atoms with Crippen LogP contribution in [0.3, 0.4) is 0 Å². The number of esters is 1. The molecular formula is C39H65N5O8. The van der Waals surface area contributed by atoms with E-state index in [2.05, 4.69) is 19.2 Å². The van der Waals surface area contributed by atoms with E-state index in [0.717, 1.165) is 24.2 Å². The van der Waals surface area contributed by atoms with Gasteiger partial charge in [-0.2, -0.15) is 0 Å². The molecule has 0 aromatic rings. The fourth-order valence-corrected chi connectivity index (χ4v) is 7.49. The molecule has 52 heavy (non-hydrogen) atoms. The maximum atomic E-state index is 14.4. The minimum absolute atomic E-state index is 0.0289. The fraction of sp³-hybridized carbons (Fsp3) is 0.769. The van der Waals surface area contributed by atoms with Crippen LogP contribution in [0, 0.1) is 23.7 Å². The molecule has 1 N–H and O–H groups in total. The molecule has 0 spiro atoms. The summed E-state index contributed by atoms with van der Waals surface area (Å²) in [6, 6.07) is -4.62. The molecule has 0 aliphatic carbocycles. The number of rotatable bonds is 18. The summed E-state index contributed by atoms with van der Waals surface area (Å²) < 4.78 is 5.43. The van der Waals surface area contributed by atoms with Gasteiger partial charge in [-0.1, -0.05) is 73.8 Å². The Labute approximate surface area is 311 Å². The van der Waals surface area contributed by atoms with Crippen LogP contribution in [0.4, 0.5) is 0 Å². The molecule has 6 amide bonds. The number of amides is 6. The molecule has 294 valence electrons. The quantitative estimate of drug-likeness (QED) is 0.164. The SMILES string of the molecule is CCCCC(C)CC(C)C(=O)N(C)[C@@H](CC(C)C)C(=O)N[C@H](C(=O)N(C)[C@H](C(=O)N1CCC[C@H]1C(=O)N1C(=O)C=CC1C)C(C)C)C(C)OC(C)=O. The largest absolute Gasteiger partial charge is 0.460 e. The van der Waals surface area contributed by atoms with Crippen LogP contribution in [0.1, 0.15) is 114 Å². The van der Waals surface area contributed by atoms with Gasteiger partial charge in [0.1, 0.15) is 30.3 Å². The number of unbranched alkanes of at least 4 members (excludes halogenated alkanes) is 1. The highest BCUT2D eigenvalue weighted by Crippen LogP contribution is 2.27. The van der Waals surface area contributed by atoms with Crippen molar-refractivity contribution in [3.8, 4) is 0 Å². The number of ether oxygens (including phenoxy) is 1. The van der Waals surface area contributed by atoms with Crippen molar-refractivity contribution in [3.63, 3.8) is 0 Å². The summed E-state index contributed by atoms with van der Waals surface area (Å²) in [6.45, 7) is 18.3. The first-order valence-corrected chi connectivity index (χ1v) is 19.1. The third kappa shape index (κ3) is 11.4.